The highest BCUT2D eigenvalue weighted by atomic mass is 16.2. The van der Waals surface area contributed by atoms with Crippen molar-refractivity contribution in [3.63, 3.8) is 0 Å². The minimum atomic E-state index is -0.905. The normalized spacial score (nSPS) is 19.9. The van der Waals surface area contributed by atoms with Gasteiger partial charge in [-0.15, -0.1) is 0 Å². The minimum Gasteiger partial charge on any atom is -0.368 e. The van der Waals surface area contributed by atoms with E-state index >= 15 is 0 Å². The van der Waals surface area contributed by atoms with Crippen LogP contribution < -0.4 is 11.5 Å². The SMILES string of the molecule is CCC(C)(N)C(=O)N(CC(N)=O)C1CCCC1. The molecule has 1 rings (SSSR count). The zero-order chi connectivity index (χ0) is 13.1. The lowest BCUT2D eigenvalue weighted by molar-refractivity contribution is -0.142. The topological polar surface area (TPSA) is 89.4 Å². The van der Waals surface area contributed by atoms with E-state index in [1.807, 2.05) is 6.92 Å². The molecule has 0 spiro atoms. The van der Waals surface area contributed by atoms with E-state index in [1.165, 1.54) is 0 Å². The van der Waals surface area contributed by atoms with Crippen LogP contribution in [0.1, 0.15) is 46.0 Å². The highest BCUT2D eigenvalue weighted by Crippen LogP contribution is 2.25. The van der Waals surface area contributed by atoms with Crippen LogP contribution in [0.3, 0.4) is 0 Å². The molecular formula is C12H23N3O2. The van der Waals surface area contributed by atoms with Crippen molar-refractivity contribution in [3.8, 4) is 0 Å². The van der Waals surface area contributed by atoms with E-state index in [0.29, 0.717) is 6.42 Å². The summed E-state index contributed by atoms with van der Waals surface area (Å²) in [5, 5.41) is 0. The highest BCUT2D eigenvalue weighted by molar-refractivity contribution is 5.89. The van der Waals surface area contributed by atoms with Gasteiger partial charge in [-0.2, -0.15) is 0 Å². The number of carbonyl (C=O) groups is 2. The molecule has 0 radical (unpaired) electrons. The summed E-state index contributed by atoms with van der Waals surface area (Å²) in [5.41, 5.74) is 10.3. The molecular weight excluding hydrogens is 218 g/mol. The first-order valence-corrected chi connectivity index (χ1v) is 6.26. The van der Waals surface area contributed by atoms with Crippen molar-refractivity contribution in [2.75, 3.05) is 6.54 Å². The monoisotopic (exact) mass is 241 g/mol. The third-order valence-corrected chi connectivity index (χ3v) is 3.58. The highest BCUT2D eigenvalue weighted by Gasteiger charge is 2.36. The maximum atomic E-state index is 12.3. The Balaban J connectivity index is 2.81. The van der Waals surface area contributed by atoms with E-state index in [-0.39, 0.29) is 18.5 Å². The number of rotatable bonds is 5. The predicted molar refractivity (Wildman–Crippen MR) is 66.0 cm³/mol. The van der Waals surface area contributed by atoms with E-state index in [0.717, 1.165) is 25.7 Å². The van der Waals surface area contributed by atoms with Gasteiger partial charge in [0.2, 0.25) is 11.8 Å². The van der Waals surface area contributed by atoms with E-state index in [2.05, 4.69) is 0 Å². The van der Waals surface area contributed by atoms with E-state index in [9.17, 15) is 9.59 Å². The number of nitrogens with two attached hydrogens (primary N) is 2. The van der Waals surface area contributed by atoms with Crippen LogP contribution in [0.2, 0.25) is 0 Å². The molecule has 5 heteroatoms. The molecule has 1 unspecified atom stereocenters. The Kier molecular flexibility index (Phi) is 4.51. The second kappa shape index (κ2) is 5.49. The summed E-state index contributed by atoms with van der Waals surface area (Å²) in [6.45, 7) is 3.56. The number of hydrogen-bond donors (Lipinski definition) is 2. The largest absolute Gasteiger partial charge is 0.368 e. The predicted octanol–water partition coefficient (Wildman–Crippen LogP) is 0.370. The maximum Gasteiger partial charge on any atom is 0.243 e. The van der Waals surface area contributed by atoms with Gasteiger partial charge in [0.05, 0.1) is 12.1 Å². The summed E-state index contributed by atoms with van der Waals surface area (Å²) in [5.74, 6) is -0.636. The van der Waals surface area contributed by atoms with Gasteiger partial charge >= 0.3 is 0 Å². The minimum absolute atomic E-state index is 0.0176. The van der Waals surface area contributed by atoms with Gasteiger partial charge in [0.1, 0.15) is 0 Å². The Morgan fingerprint density at radius 3 is 2.29 bits per heavy atom. The number of carbonyl (C=O) groups excluding carboxylic acids is 2. The molecule has 0 aromatic carbocycles. The molecule has 0 heterocycles. The van der Waals surface area contributed by atoms with Crippen molar-refractivity contribution in [2.24, 2.45) is 11.5 Å². The average molecular weight is 241 g/mol. The molecule has 5 nitrogen and oxygen atoms in total. The second-order valence-corrected chi connectivity index (χ2v) is 5.11. The fraction of sp³-hybridized carbons (Fsp3) is 0.833. The molecule has 1 aliphatic carbocycles. The van der Waals surface area contributed by atoms with Crippen molar-refractivity contribution in [2.45, 2.75) is 57.5 Å². The van der Waals surface area contributed by atoms with Gasteiger partial charge in [0.25, 0.3) is 0 Å². The van der Waals surface area contributed by atoms with Crippen LogP contribution in [0.5, 0.6) is 0 Å². The Morgan fingerprint density at radius 1 is 1.35 bits per heavy atom. The molecule has 0 aliphatic heterocycles. The van der Waals surface area contributed by atoms with Crippen molar-refractivity contribution in [1.29, 1.82) is 0 Å². The molecule has 1 atom stereocenters. The molecule has 17 heavy (non-hydrogen) atoms. The summed E-state index contributed by atoms with van der Waals surface area (Å²) in [4.78, 5) is 25.0. The smallest absolute Gasteiger partial charge is 0.243 e. The summed E-state index contributed by atoms with van der Waals surface area (Å²) >= 11 is 0. The molecule has 4 N–H and O–H groups in total. The summed E-state index contributed by atoms with van der Waals surface area (Å²) < 4.78 is 0. The zero-order valence-corrected chi connectivity index (χ0v) is 10.7. The summed E-state index contributed by atoms with van der Waals surface area (Å²) in [6.07, 6.45) is 4.63. The van der Waals surface area contributed by atoms with Crippen LogP contribution in [0.25, 0.3) is 0 Å². The molecule has 0 aromatic heterocycles. The number of primary amides is 1. The molecule has 0 aromatic rings. The second-order valence-electron chi connectivity index (χ2n) is 5.11. The van der Waals surface area contributed by atoms with Gasteiger partial charge in [-0.05, 0) is 26.2 Å². The molecule has 1 saturated carbocycles. The first-order chi connectivity index (χ1) is 7.88. The van der Waals surface area contributed by atoms with Crippen molar-refractivity contribution in [1.82, 2.24) is 4.90 Å². The Morgan fingerprint density at radius 2 is 1.88 bits per heavy atom. The van der Waals surface area contributed by atoms with Gasteiger partial charge < -0.3 is 16.4 Å². The molecule has 0 saturated heterocycles. The fourth-order valence-corrected chi connectivity index (χ4v) is 2.23. The maximum absolute atomic E-state index is 12.3. The van der Waals surface area contributed by atoms with Crippen LogP contribution >= 0.6 is 0 Å². The fourth-order valence-electron chi connectivity index (χ4n) is 2.23. The molecule has 2 amide bonds. The van der Waals surface area contributed by atoms with Gasteiger partial charge in [0, 0.05) is 6.04 Å². The van der Waals surface area contributed by atoms with Crippen LogP contribution in [0.15, 0.2) is 0 Å². The average Bonchev–Trinajstić information content (AvgIpc) is 2.77. The van der Waals surface area contributed by atoms with Crippen molar-refractivity contribution >= 4 is 11.8 Å². The van der Waals surface area contributed by atoms with Crippen LogP contribution in [0.4, 0.5) is 0 Å². The third-order valence-electron chi connectivity index (χ3n) is 3.58. The Bertz CT molecular complexity index is 296. The van der Waals surface area contributed by atoms with E-state index in [1.54, 1.807) is 11.8 Å². The number of hydrogen-bond acceptors (Lipinski definition) is 3. The van der Waals surface area contributed by atoms with Crippen LogP contribution in [-0.2, 0) is 9.59 Å². The van der Waals surface area contributed by atoms with Gasteiger partial charge in [-0.3, -0.25) is 9.59 Å². The third kappa shape index (κ3) is 3.43. The standard InChI is InChI=1S/C12H23N3O2/c1-3-12(2,14)11(17)15(8-10(13)16)9-6-4-5-7-9/h9H,3-8,14H2,1-2H3,(H2,13,16). The first kappa shape index (κ1) is 14.0. The number of amides is 2. The lowest BCUT2D eigenvalue weighted by Crippen LogP contribution is -2.57. The molecule has 1 aliphatic rings. The molecule has 0 bridgehead atoms. The van der Waals surface area contributed by atoms with Crippen molar-refractivity contribution < 1.29 is 9.59 Å². The Hall–Kier alpha value is -1.10. The van der Waals surface area contributed by atoms with Gasteiger partial charge in [0.15, 0.2) is 0 Å². The van der Waals surface area contributed by atoms with Crippen LogP contribution in [0, 0.1) is 0 Å². The first-order valence-electron chi connectivity index (χ1n) is 6.26. The van der Waals surface area contributed by atoms with Gasteiger partial charge in [-0.25, -0.2) is 0 Å². The van der Waals surface area contributed by atoms with E-state index in [4.69, 9.17) is 11.5 Å². The summed E-state index contributed by atoms with van der Waals surface area (Å²) in [7, 11) is 0. The quantitative estimate of drug-likeness (QED) is 0.728. The van der Waals surface area contributed by atoms with Crippen LogP contribution in [-0.4, -0.2) is 34.8 Å². The van der Waals surface area contributed by atoms with Crippen molar-refractivity contribution in [3.05, 3.63) is 0 Å². The Labute approximate surface area is 103 Å². The number of nitrogens with zero attached hydrogens (tertiary/aromatic N) is 1. The summed E-state index contributed by atoms with van der Waals surface area (Å²) in [6, 6.07) is 0.129. The van der Waals surface area contributed by atoms with E-state index < -0.39 is 11.4 Å². The molecule has 98 valence electrons. The lowest BCUT2D eigenvalue weighted by atomic mass is 9.97. The zero-order valence-electron chi connectivity index (χ0n) is 10.7. The van der Waals surface area contributed by atoms with Gasteiger partial charge in [-0.1, -0.05) is 19.8 Å². The lowest BCUT2D eigenvalue weighted by Gasteiger charge is -2.34. The molecule has 1 fully saturated rings.